The summed E-state index contributed by atoms with van der Waals surface area (Å²) in [6.07, 6.45) is 2.19. The molecule has 0 bridgehead atoms. The molecular formula is C15H26N2. The van der Waals surface area contributed by atoms with Crippen molar-refractivity contribution >= 4 is 5.69 Å². The predicted octanol–water partition coefficient (Wildman–Crippen LogP) is 3.26. The van der Waals surface area contributed by atoms with Crippen LogP contribution in [0.25, 0.3) is 0 Å². The summed E-state index contributed by atoms with van der Waals surface area (Å²) >= 11 is 0. The molecule has 0 saturated heterocycles. The van der Waals surface area contributed by atoms with Crippen molar-refractivity contribution in [1.82, 2.24) is 0 Å². The molecule has 0 spiro atoms. The van der Waals surface area contributed by atoms with Gasteiger partial charge in [-0.2, -0.15) is 0 Å². The molecule has 0 atom stereocenters. The maximum atomic E-state index is 5.99. The lowest BCUT2D eigenvalue weighted by Crippen LogP contribution is -2.33. The fourth-order valence-corrected chi connectivity index (χ4v) is 2.13. The van der Waals surface area contributed by atoms with E-state index >= 15 is 0 Å². The van der Waals surface area contributed by atoms with Gasteiger partial charge >= 0.3 is 0 Å². The summed E-state index contributed by atoms with van der Waals surface area (Å²) in [5.74, 6) is 0. The van der Waals surface area contributed by atoms with Gasteiger partial charge < -0.3 is 10.6 Å². The van der Waals surface area contributed by atoms with Crippen LogP contribution in [0.2, 0.25) is 0 Å². The molecule has 17 heavy (non-hydrogen) atoms. The summed E-state index contributed by atoms with van der Waals surface area (Å²) in [6.45, 7) is 9.54. The normalized spacial score (nSPS) is 11.6. The molecule has 0 aliphatic heterocycles. The van der Waals surface area contributed by atoms with Gasteiger partial charge in [0.2, 0.25) is 0 Å². The first-order chi connectivity index (χ1) is 7.79. The minimum Gasteiger partial charge on any atom is -0.374 e. The lowest BCUT2D eigenvalue weighted by atomic mass is 10.00. The van der Waals surface area contributed by atoms with E-state index in [-0.39, 0.29) is 5.54 Å². The van der Waals surface area contributed by atoms with E-state index in [2.05, 4.69) is 57.8 Å². The van der Waals surface area contributed by atoms with E-state index in [1.165, 1.54) is 16.8 Å². The fraction of sp³-hybridized carbons (Fsp3) is 0.600. The van der Waals surface area contributed by atoms with Crippen molar-refractivity contribution in [3.63, 3.8) is 0 Å². The van der Waals surface area contributed by atoms with Crippen LogP contribution in [-0.4, -0.2) is 19.1 Å². The topological polar surface area (TPSA) is 29.3 Å². The number of nitrogens with zero attached hydrogens (tertiary/aromatic N) is 1. The Kier molecular flexibility index (Phi) is 4.58. The first kappa shape index (κ1) is 14.0. The van der Waals surface area contributed by atoms with Crippen molar-refractivity contribution in [2.45, 2.75) is 46.1 Å². The Bertz CT molecular complexity index is 364. The molecule has 2 heteroatoms. The Labute approximate surface area is 106 Å². The van der Waals surface area contributed by atoms with Crippen LogP contribution < -0.4 is 10.6 Å². The van der Waals surface area contributed by atoms with E-state index in [4.69, 9.17) is 5.73 Å². The van der Waals surface area contributed by atoms with Gasteiger partial charge in [-0.25, -0.2) is 0 Å². The van der Waals surface area contributed by atoms with Gasteiger partial charge in [-0.15, -0.1) is 0 Å². The number of rotatable bonds is 5. The highest BCUT2D eigenvalue weighted by Crippen LogP contribution is 2.20. The lowest BCUT2D eigenvalue weighted by Gasteiger charge is -2.24. The molecule has 1 rings (SSSR count). The summed E-state index contributed by atoms with van der Waals surface area (Å²) in [7, 11) is 2.15. The van der Waals surface area contributed by atoms with Crippen molar-refractivity contribution in [2.75, 3.05) is 18.5 Å². The molecule has 2 N–H and O–H groups in total. The SMILES string of the molecule is Cc1ccc(N(C)CCCC(C)(C)N)c(C)c1. The van der Waals surface area contributed by atoms with E-state index in [9.17, 15) is 0 Å². The molecular weight excluding hydrogens is 208 g/mol. The molecule has 1 aromatic rings. The standard InChI is InChI=1S/C15H26N2/c1-12-7-8-14(13(2)11-12)17(5)10-6-9-15(3,4)16/h7-8,11H,6,9-10,16H2,1-5H3. The van der Waals surface area contributed by atoms with Gasteiger partial charge in [0.15, 0.2) is 0 Å². The van der Waals surface area contributed by atoms with E-state index in [1.54, 1.807) is 0 Å². The largest absolute Gasteiger partial charge is 0.374 e. The van der Waals surface area contributed by atoms with Crippen molar-refractivity contribution in [3.8, 4) is 0 Å². The Morgan fingerprint density at radius 1 is 1.24 bits per heavy atom. The molecule has 0 aromatic heterocycles. The Morgan fingerprint density at radius 3 is 2.41 bits per heavy atom. The Morgan fingerprint density at radius 2 is 1.88 bits per heavy atom. The highest BCUT2D eigenvalue weighted by Gasteiger charge is 2.11. The van der Waals surface area contributed by atoms with Crippen LogP contribution in [0.5, 0.6) is 0 Å². The highest BCUT2D eigenvalue weighted by molar-refractivity contribution is 5.53. The monoisotopic (exact) mass is 234 g/mol. The predicted molar refractivity (Wildman–Crippen MR) is 76.7 cm³/mol. The molecule has 0 saturated carbocycles. The second-order valence-corrected chi connectivity index (χ2v) is 5.80. The van der Waals surface area contributed by atoms with Crippen LogP contribution >= 0.6 is 0 Å². The smallest absolute Gasteiger partial charge is 0.0393 e. The van der Waals surface area contributed by atoms with Gasteiger partial charge in [0.05, 0.1) is 0 Å². The molecule has 0 aliphatic carbocycles. The van der Waals surface area contributed by atoms with E-state index in [1.807, 2.05) is 0 Å². The molecule has 0 amide bonds. The third kappa shape index (κ3) is 4.78. The van der Waals surface area contributed by atoms with Crippen molar-refractivity contribution in [3.05, 3.63) is 29.3 Å². The van der Waals surface area contributed by atoms with Gasteiger partial charge in [0, 0.05) is 24.8 Å². The zero-order valence-electron chi connectivity index (χ0n) is 11.9. The summed E-state index contributed by atoms with van der Waals surface area (Å²) < 4.78 is 0. The van der Waals surface area contributed by atoms with Gasteiger partial charge in [-0.05, 0) is 52.2 Å². The van der Waals surface area contributed by atoms with Gasteiger partial charge in [-0.1, -0.05) is 17.7 Å². The first-order valence-electron chi connectivity index (χ1n) is 6.37. The maximum Gasteiger partial charge on any atom is 0.0393 e. The zero-order valence-corrected chi connectivity index (χ0v) is 11.9. The minimum absolute atomic E-state index is 0.0524. The number of nitrogens with two attached hydrogens (primary N) is 1. The Balaban J connectivity index is 2.55. The van der Waals surface area contributed by atoms with Crippen LogP contribution in [0, 0.1) is 13.8 Å². The zero-order chi connectivity index (χ0) is 13.1. The first-order valence-corrected chi connectivity index (χ1v) is 6.37. The van der Waals surface area contributed by atoms with Crippen LogP contribution in [0.15, 0.2) is 18.2 Å². The van der Waals surface area contributed by atoms with Gasteiger partial charge in [0.25, 0.3) is 0 Å². The molecule has 0 heterocycles. The lowest BCUT2D eigenvalue weighted by molar-refractivity contribution is 0.460. The number of hydrogen-bond acceptors (Lipinski definition) is 2. The molecule has 1 aromatic carbocycles. The van der Waals surface area contributed by atoms with E-state index in [0.29, 0.717) is 0 Å². The molecule has 0 fully saturated rings. The number of benzene rings is 1. The second-order valence-electron chi connectivity index (χ2n) is 5.80. The van der Waals surface area contributed by atoms with Crippen molar-refractivity contribution in [1.29, 1.82) is 0 Å². The third-order valence-corrected chi connectivity index (χ3v) is 3.08. The van der Waals surface area contributed by atoms with Gasteiger partial charge in [0.1, 0.15) is 0 Å². The summed E-state index contributed by atoms with van der Waals surface area (Å²) in [6, 6.07) is 6.61. The highest BCUT2D eigenvalue weighted by atomic mass is 15.1. The van der Waals surface area contributed by atoms with E-state index < -0.39 is 0 Å². The van der Waals surface area contributed by atoms with Crippen LogP contribution in [-0.2, 0) is 0 Å². The van der Waals surface area contributed by atoms with Crippen molar-refractivity contribution in [2.24, 2.45) is 5.73 Å². The number of anilines is 1. The van der Waals surface area contributed by atoms with E-state index in [0.717, 1.165) is 19.4 Å². The molecule has 0 radical (unpaired) electrons. The third-order valence-electron chi connectivity index (χ3n) is 3.08. The molecule has 2 nitrogen and oxygen atoms in total. The quantitative estimate of drug-likeness (QED) is 0.847. The number of aryl methyl sites for hydroxylation is 2. The average molecular weight is 234 g/mol. The maximum absolute atomic E-state index is 5.99. The van der Waals surface area contributed by atoms with Gasteiger partial charge in [-0.3, -0.25) is 0 Å². The summed E-state index contributed by atoms with van der Waals surface area (Å²) in [5, 5.41) is 0. The molecule has 0 aliphatic rings. The Hall–Kier alpha value is -1.02. The fourth-order valence-electron chi connectivity index (χ4n) is 2.13. The number of hydrogen-bond donors (Lipinski definition) is 1. The summed E-state index contributed by atoms with van der Waals surface area (Å²) in [4.78, 5) is 2.32. The second kappa shape index (κ2) is 5.54. The molecule has 0 unspecified atom stereocenters. The van der Waals surface area contributed by atoms with Crippen LogP contribution in [0.3, 0.4) is 0 Å². The molecule has 96 valence electrons. The van der Waals surface area contributed by atoms with Crippen molar-refractivity contribution < 1.29 is 0 Å². The van der Waals surface area contributed by atoms with Crippen LogP contribution in [0.4, 0.5) is 5.69 Å². The summed E-state index contributed by atoms with van der Waals surface area (Å²) in [5.41, 5.74) is 9.93. The average Bonchev–Trinajstić information content (AvgIpc) is 2.15. The minimum atomic E-state index is -0.0524. The van der Waals surface area contributed by atoms with Crippen LogP contribution in [0.1, 0.15) is 37.8 Å².